The molecule has 0 saturated carbocycles. The lowest BCUT2D eigenvalue weighted by atomic mass is 10.2. The zero-order valence-electron chi connectivity index (χ0n) is 13.0. The fraction of sp³-hybridized carbons (Fsp3) is 0.375. The van der Waals surface area contributed by atoms with Gasteiger partial charge in [-0.1, -0.05) is 25.1 Å². The van der Waals surface area contributed by atoms with E-state index < -0.39 is 0 Å². The van der Waals surface area contributed by atoms with E-state index in [0.717, 1.165) is 35.6 Å². The van der Waals surface area contributed by atoms with Crippen molar-refractivity contribution in [2.24, 2.45) is 0 Å². The van der Waals surface area contributed by atoms with Gasteiger partial charge in [0.05, 0.1) is 14.2 Å². The van der Waals surface area contributed by atoms with Gasteiger partial charge in [0.1, 0.15) is 11.5 Å². The molecule has 22 heavy (non-hydrogen) atoms. The van der Waals surface area contributed by atoms with E-state index in [1.807, 2.05) is 18.2 Å². The molecule has 1 aromatic heterocycles. The second-order valence-corrected chi connectivity index (χ2v) is 5.77. The highest BCUT2D eigenvalue weighted by atomic mass is 32.2. The number of hydrogen-bond acceptors (Lipinski definition) is 5. The van der Waals surface area contributed by atoms with Gasteiger partial charge in [0, 0.05) is 23.6 Å². The number of rotatable bonds is 7. The molecular formula is C16H20N2O3S. The van der Waals surface area contributed by atoms with E-state index >= 15 is 0 Å². The molecule has 0 radical (unpaired) electrons. The Morgan fingerprint density at radius 1 is 1.14 bits per heavy atom. The van der Waals surface area contributed by atoms with Crippen LogP contribution < -0.4 is 15.0 Å². The van der Waals surface area contributed by atoms with Crippen LogP contribution in [0.25, 0.3) is 0 Å². The minimum atomic E-state index is -0.107. The molecule has 1 heterocycles. The number of aryl methyl sites for hydroxylation is 1. The summed E-state index contributed by atoms with van der Waals surface area (Å²) in [5.74, 6) is 2.17. The van der Waals surface area contributed by atoms with Crippen LogP contribution in [0, 0.1) is 0 Å². The molecule has 0 amide bonds. The molecular weight excluding hydrogens is 300 g/mol. The van der Waals surface area contributed by atoms with Gasteiger partial charge in [-0.05, 0) is 24.1 Å². The Hall–Kier alpha value is -1.95. The number of aromatic amines is 1. The highest BCUT2D eigenvalue weighted by Crippen LogP contribution is 2.26. The molecule has 118 valence electrons. The Kier molecular flexibility index (Phi) is 5.89. The number of benzene rings is 1. The first-order valence-corrected chi connectivity index (χ1v) is 8.08. The summed E-state index contributed by atoms with van der Waals surface area (Å²) in [5, 5.41) is 0.637. The maximum atomic E-state index is 11.6. The smallest absolute Gasteiger partial charge is 0.251 e. The quantitative estimate of drug-likeness (QED) is 0.627. The minimum absolute atomic E-state index is 0.107. The van der Waals surface area contributed by atoms with Crippen LogP contribution in [0.4, 0.5) is 0 Å². The predicted octanol–water partition coefficient (Wildman–Crippen LogP) is 3.03. The topological polar surface area (TPSA) is 64.2 Å². The number of thioether (sulfide) groups is 1. The Labute approximate surface area is 134 Å². The number of H-pyrrole nitrogens is 1. The molecule has 0 saturated heterocycles. The van der Waals surface area contributed by atoms with Crippen molar-refractivity contribution in [1.82, 2.24) is 9.97 Å². The minimum Gasteiger partial charge on any atom is -0.497 e. The van der Waals surface area contributed by atoms with Crippen molar-refractivity contribution in [3.63, 3.8) is 0 Å². The van der Waals surface area contributed by atoms with Crippen LogP contribution in [0.15, 0.2) is 34.2 Å². The first-order chi connectivity index (χ1) is 10.6. The van der Waals surface area contributed by atoms with Gasteiger partial charge in [-0.15, -0.1) is 0 Å². The summed E-state index contributed by atoms with van der Waals surface area (Å²) in [4.78, 5) is 18.9. The van der Waals surface area contributed by atoms with Gasteiger partial charge >= 0.3 is 0 Å². The second-order valence-electron chi connectivity index (χ2n) is 4.80. The number of aromatic nitrogens is 2. The fourth-order valence-electron chi connectivity index (χ4n) is 2.04. The second kappa shape index (κ2) is 7.89. The number of ether oxygens (including phenoxy) is 2. The third kappa shape index (κ3) is 4.53. The molecule has 0 atom stereocenters. The maximum Gasteiger partial charge on any atom is 0.251 e. The van der Waals surface area contributed by atoms with E-state index in [9.17, 15) is 4.79 Å². The summed E-state index contributed by atoms with van der Waals surface area (Å²) < 4.78 is 10.5. The molecule has 0 aliphatic heterocycles. The SMILES string of the molecule is CCCc1cc(=O)[nH]c(SCc2cc(OC)cc(OC)c2)n1. The molecule has 0 fully saturated rings. The van der Waals surface area contributed by atoms with Crippen LogP contribution in [0.5, 0.6) is 11.5 Å². The summed E-state index contributed by atoms with van der Waals surface area (Å²) in [7, 11) is 3.25. The van der Waals surface area contributed by atoms with Gasteiger partial charge in [-0.25, -0.2) is 4.98 Å². The third-order valence-electron chi connectivity index (χ3n) is 3.07. The average Bonchev–Trinajstić information content (AvgIpc) is 2.52. The van der Waals surface area contributed by atoms with Gasteiger partial charge in [0.15, 0.2) is 5.16 Å². The third-order valence-corrected chi connectivity index (χ3v) is 4.01. The molecule has 0 unspecified atom stereocenters. The lowest BCUT2D eigenvalue weighted by molar-refractivity contribution is 0.393. The van der Waals surface area contributed by atoms with E-state index in [1.54, 1.807) is 20.3 Å². The standard InChI is InChI=1S/C16H20N2O3S/c1-4-5-12-8-15(19)18-16(17-12)22-10-11-6-13(20-2)9-14(7-11)21-3/h6-9H,4-5,10H2,1-3H3,(H,17,18,19). The number of hydrogen-bond donors (Lipinski definition) is 1. The van der Waals surface area contributed by atoms with E-state index in [1.165, 1.54) is 11.8 Å². The van der Waals surface area contributed by atoms with E-state index in [2.05, 4.69) is 16.9 Å². The maximum absolute atomic E-state index is 11.6. The molecule has 2 rings (SSSR count). The largest absolute Gasteiger partial charge is 0.497 e. The van der Waals surface area contributed by atoms with Crippen molar-refractivity contribution in [1.29, 1.82) is 0 Å². The predicted molar refractivity (Wildman–Crippen MR) is 88.0 cm³/mol. The van der Waals surface area contributed by atoms with Gasteiger partial charge in [-0.3, -0.25) is 4.79 Å². The van der Waals surface area contributed by atoms with Crippen molar-refractivity contribution < 1.29 is 9.47 Å². The molecule has 1 N–H and O–H groups in total. The van der Waals surface area contributed by atoms with Crippen LogP contribution in [0.2, 0.25) is 0 Å². The highest BCUT2D eigenvalue weighted by Gasteiger charge is 2.05. The number of nitrogens with one attached hydrogen (secondary N) is 1. The van der Waals surface area contributed by atoms with E-state index in [4.69, 9.17) is 9.47 Å². The van der Waals surface area contributed by atoms with E-state index in [-0.39, 0.29) is 5.56 Å². The van der Waals surface area contributed by atoms with Crippen molar-refractivity contribution in [2.45, 2.75) is 30.7 Å². The summed E-state index contributed by atoms with van der Waals surface area (Å²) in [6.45, 7) is 2.07. The van der Waals surface area contributed by atoms with Crippen LogP contribution in [-0.2, 0) is 12.2 Å². The molecule has 5 nitrogen and oxygen atoms in total. The average molecular weight is 320 g/mol. The van der Waals surface area contributed by atoms with Crippen LogP contribution in [0.1, 0.15) is 24.6 Å². The molecule has 0 bridgehead atoms. The molecule has 2 aromatic rings. The fourth-order valence-corrected chi connectivity index (χ4v) is 2.86. The van der Waals surface area contributed by atoms with E-state index in [0.29, 0.717) is 10.9 Å². The first-order valence-electron chi connectivity index (χ1n) is 7.09. The van der Waals surface area contributed by atoms with Crippen molar-refractivity contribution in [3.8, 4) is 11.5 Å². The Bertz CT molecular complexity index is 663. The monoisotopic (exact) mass is 320 g/mol. The normalized spacial score (nSPS) is 10.5. The summed E-state index contributed by atoms with van der Waals surface area (Å²) in [6, 6.07) is 7.28. The van der Waals surface area contributed by atoms with Crippen LogP contribution in [0.3, 0.4) is 0 Å². The Balaban J connectivity index is 2.14. The van der Waals surface area contributed by atoms with Crippen molar-refractivity contribution in [3.05, 3.63) is 45.9 Å². The Morgan fingerprint density at radius 2 is 1.82 bits per heavy atom. The molecule has 0 aliphatic rings. The number of nitrogens with zero attached hydrogens (tertiary/aromatic N) is 1. The lowest BCUT2D eigenvalue weighted by Crippen LogP contribution is -2.09. The van der Waals surface area contributed by atoms with Crippen LogP contribution >= 0.6 is 11.8 Å². The highest BCUT2D eigenvalue weighted by molar-refractivity contribution is 7.98. The zero-order chi connectivity index (χ0) is 15.9. The summed E-state index contributed by atoms with van der Waals surface area (Å²) in [6.07, 6.45) is 1.78. The molecule has 0 aliphatic carbocycles. The van der Waals surface area contributed by atoms with Gasteiger partial charge < -0.3 is 14.5 Å². The molecule has 1 aromatic carbocycles. The summed E-state index contributed by atoms with van der Waals surface area (Å²) in [5.41, 5.74) is 1.77. The molecule has 6 heteroatoms. The van der Waals surface area contributed by atoms with Gasteiger partial charge in [0.2, 0.25) is 0 Å². The molecule has 0 spiro atoms. The van der Waals surface area contributed by atoms with Crippen LogP contribution in [-0.4, -0.2) is 24.2 Å². The van der Waals surface area contributed by atoms with Gasteiger partial charge in [0.25, 0.3) is 5.56 Å². The number of methoxy groups -OCH3 is 2. The first kappa shape index (κ1) is 16.4. The van der Waals surface area contributed by atoms with Crippen molar-refractivity contribution >= 4 is 11.8 Å². The zero-order valence-corrected chi connectivity index (χ0v) is 13.8. The van der Waals surface area contributed by atoms with Crippen molar-refractivity contribution in [2.75, 3.05) is 14.2 Å². The summed E-state index contributed by atoms with van der Waals surface area (Å²) >= 11 is 1.49. The Morgan fingerprint density at radius 3 is 2.41 bits per heavy atom. The van der Waals surface area contributed by atoms with Gasteiger partial charge in [-0.2, -0.15) is 0 Å². The lowest BCUT2D eigenvalue weighted by Gasteiger charge is -2.08.